The zero-order chi connectivity index (χ0) is 14.1. The van der Waals surface area contributed by atoms with E-state index < -0.39 is 0 Å². The molecule has 0 atom stereocenters. The Kier molecular flexibility index (Phi) is 7.80. The number of rotatable bonds is 9. The van der Waals surface area contributed by atoms with Gasteiger partial charge in [-0.2, -0.15) is 4.98 Å². The Morgan fingerprint density at radius 1 is 1.00 bits per heavy atom. The van der Waals surface area contributed by atoms with Crippen LogP contribution in [-0.4, -0.2) is 16.6 Å². The van der Waals surface area contributed by atoms with Crippen molar-refractivity contribution in [3.63, 3.8) is 0 Å². The molecule has 0 aromatic carbocycles. The first-order valence-corrected chi connectivity index (χ1v) is 7.72. The summed E-state index contributed by atoms with van der Waals surface area (Å²) in [5, 5.41) is 0.513. The van der Waals surface area contributed by atoms with E-state index >= 15 is 0 Å². The summed E-state index contributed by atoms with van der Waals surface area (Å²) in [6.45, 7) is 6.94. The Balaban J connectivity index is 2.47. The average molecular weight is 285 g/mol. The first kappa shape index (κ1) is 16.2. The smallest absolute Gasteiger partial charge is 0.221 e. The molecule has 0 spiro atoms. The zero-order valence-corrected chi connectivity index (χ0v) is 13.1. The standard InChI is InChI=1S/C15H25ClN2O/c1-4-6-7-8-9-11-19-15-12(3)14(16)17-13(18-15)10-5-2/h4-11H2,1-3H3. The van der Waals surface area contributed by atoms with Gasteiger partial charge in [0.1, 0.15) is 11.0 Å². The lowest BCUT2D eigenvalue weighted by molar-refractivity contribution is 0.289. The van der Waals surface area contributed by atoms with E-state index in [4.69, 9.17) is 16.3 Å². The van der Waals surface area contributed by atoms with E-state index in [1.54, 1.807) is 0 Å². The van der Waals surface area contributed by atoms with Crippen LogP contribution in [0.1, 0.15) is 63.8 Å². The molecule has 0 N–H and O–H groups in total. The second-order valence-corrected chi connectivity index (χ2v) is 5.23. The van der Waals surface area contributed by atoms with Crippen molar-refractivity contribution in [1.82, 2.24) is 9.97 Å². The number of ether oxygens (including phenoxy) is 1. The van der Waals surface area contributed by atoms with E-state index in [-0.39, 0.29) is 0 Å². The molecule has 0 saturated carbocycles. The Morgan fingerprint density at radius 3 is 2.42 bits per heavy atom. The molecule has 0 amide bonds. The van der Waals surface area contributed by atoms with Gasteiger partial charge < -0.3 is 4.74 Å². The molecule has 0 aliphatic heterocycles. The zero-order valence-electron chi connectivity index (χ0n) is 12.3. The lowest BCUT2D eigenvalue weighted by Gasteiger charge is -2.10. The number of unbranched alkanes of at least 4 members (excludes halogenated alkanes) is 4. The molecule has 0 aliphatic rings. The van der Waals surface area contributed by atoms with Gasteiger partial charge in [-0.15, -0.1) is 0 Å². The van der Waals surface area contributed by atoms with Crippen LogP contribution in [0.3, 0.4) is 0 Å². The molecular weight excluding hydrogens is 260 g/mol. The molecule has 3 nitrogen and oxygen atoms in total. The van der Waals surface area contributed by atoms with Crippen LogP contribution in [0.25, 0.3) is 0 Å². The Labute approximate surface area is 121 Å². The average Bonchev–Trinajstić information content (AvgIpc) is 2.39. The monoisotopic (exact) mass is 284 g/mol. The van der Waals surface area contributed by atoms with Crippen molar-refractivity contribution in [1.29, 1.82) is 0 Å². The number of hydrogen-bond donors (Lipinski definition) is 0. The molecule has 4 heteroatoms. The minimum absolute atomic E-state index is 0.513. The van der Waals surface area contributed by atoms with Gasteiger partial charge in [0.2, 0.25) is 5.88 Å². The van der Waals surface area contributed by atoms with E-state index in [0.717, 1.165) is 30.7 Å². The van der Waals surface area contributed by atoms with Crippen LogP contribution in [0, 0.1) is 6.92 Å². The Hall–Kier alpha value is -0.830. The van der Waals surface area contributed by atoms with Crippen LogP contribution in [-0.2, 0) is 6.42 Å². The highest BCUT2D eigenvalue weighted by Gasteiger charge is 2.10. The van der Waals surface area contributed by atoms with Crippen molar-refractivity contribution >= 4 is 11.6 Å². The summed E-state index contributed by atoms with van der Waals surface area (Å²) in [5.74, 6) is 1.43. The van der Waals surface area contributed by atoms with Gasteiger partial charge >= 0.3 is 0 Å². The third-order valence-corrected chi connectivity index (χ3v) is 3.42. The molecule has 0 aliphatic carbocycles. The summed E-state index contributed by atoms with van der Waals surface area (Å²) >= 11 is 6.10. The van der Waals surface area contributed by atoms with Crippen molar-refractivity contribution in [2.24, 2.45) is 0 Å². The molecule has 0 saturated heterocycles. The van der Waals surface area contributed by atoms with E-state index in [0.29, 0.717) is 17.6 Å². The highest BCUT2D eigenvalue weighted by Crippen LogP contribution is 2.22. The van der Waals surface area contributed by atoms with Gasteiger partial charge in [-0.3, -0.25) is 0 Å². The van der Waals surface area contributed by atoms with Gasteiger partial charge in [-0.25, -0.2) is 4.98 Å². The fourth-order valence-electron chi connectivity index (χ4n) is 1.86. The van der Waals surface area contributed by atoms with Crippen LogP contribution >= 0.6 is 11.6 Å². The summed E-state index contributed by atoms with van der Waals surface area (Å²) < 4.78 is 5.75. The molecule has 0 radical (unpaired) electrons. The van der Waals surface area contributed by atoms with Gasteiger partial charge in [0.15, 0.2) is 0 Å². The first-order chi connectivity index (χ1) is 9.19. The molecule has 0 unspecified atom stereocenters. The van der Waals surface area contributed by atoms with Crippen molar-refractivity contribution in [3.05, 3.63) is 16.5 Å². The number of hydrogen-bond acceptors (Lipinski definition) is 3. The Bertz CT molecular complexity index is 383. The second-order valence-electron chi connectivity index (χ2n) is 4.87. The number of aromatic nitrogens is 2. The van der Waals surface area contributed by atoms with Crippen LogP contribution in [0.2, 0.25) is 5.15 Å². The molecular formula is C15H25ClN2O. The van der Waals surface area contributed by atoms with E-state index in [9.17, 15) is 0 Å². The predicted octanol–water partition coefficient (Wildman–Crippen LogP) is 4.74. The summed E-state index contributed by atoms with van der Waals surface area (Å²) in [5.41, 5.74) is 0.843. The minimum atomic E-state index is 0.513. The molecule has 1 aromatic rings. The summed E-state index contributed by atoms with van der Waals surface area (Å²) in [4.78, 5) is 8.71. The fraction of sp³-hybridized carbons (Fsp3) is 0.733. The van der Waals surface area contributed by atoms with Gasteiger partial charge in [0.05, 0.1) is 6.61 Å². The quantitative estimate of drug-likeness (QED) is 0.485. The molecule has 1 rings (SSSR count). The third kappa shape index (κ3) is 5.77. The molecule has 0 fully saturated rings. The molecule has 1 heterocycles. The number of nitrogens with zero attached hydrogens (tertiary/aromatic N) is 2. The largest absolute Gasteiger partial charge is 0.477 e. The summed E-state index contributed by atoms with van der Waals surface area (Å²) in [7, 11) is 0. The third-order valence-electron chi connectivity index (χ3n) is 3.05. The van der Waals surface area contributed by atoms with Gasteiger partial charge in [0, 0.05) is 12.0 Å². The summed E-state index contributed by atoms with van der Waals surface area (Å²) in [6.07, 6.45) is 7.99. The highest BCUT2D eigenvalue weighted by molar-refractivity contribution is 6.30. The van der Waals surface area contributed by atoms with Gasteiger partial charge in [-0.05, 0) is 19.8 Å². The SMILES string of the molecule is CCCCCCCOc1nc(CCC)nc(Cl)c1C. The van der Waals surface area contributed by atoms with Crippen LogP contribution in [0.5, 0.6) is 5.88 Å². The van der Waals surface area contributed by atoms with Gasteiger partial charge in [0.25, 0.3) is 0 Å². The lowest BCUT2D eigenvalue weighted by Crippen LogP contribution is -2.05. The van der Waals surface area contributed by atoms with Gasteiger partial charge in [-0.1, -0.05) is 51.1 Å². The van der Waals surface area contributed by atoms with Crippen molar-refractivity contribution in [2.75, 3.05) is 6.61 Å². The van der Waals surface area contributed by atoms with E-state index in [1.165, 1.54) is 25.7 Å². The minimum Gasteiger partial charge on any atom is -0.477 e. The summed E-state index contributed by atoms with van der Waals surface area (Å²) in [6, 6.07) is 0. The lowest BCUT2D eigenvalue weighted by atomic mass is 10.2. The van der Waals surface area contributed by atoms with Crippen molar-refractivity contribution in [2.45, 2.75) is 65.7 Å². The first-order valence-electron chi connectivity index (χ1n) is 7.34. The maximum atomic E-state index is 6.10. The maximum Gasteiger partial charge on any atom is 0.221 e. The van der Waals surface area contributed by atoms with Crippen LogP contribution in [0.4, 0.5) is 0 Å². The topological polar surface area (TPSA) is 35.0 Å². The molecule has 19 heavy (non-hydrogen) atoms. The molecule has 1 aromatic heterocycles. The van der Waals surface area contributed by atoms with Crippen LogP contribution in [0.15, 0.2) is 0 Å². The predicted molar refractivity (Wildman–Crippen MR) is 80.0 cm³/mol. The number of aryl methyl sites for hydroxylation is 1. The van der Waals surface area contributed by atoms with Crippen molar-refractivity contribution in [3.8, 4) is 5.88 Å². The maximum absolute atomic E-state index is 6.10. The highest BCUT2D eigenvalue weighted by atomic mass is 35.5. The fourth-order valence-corrected chi connectivity index (χ4v) is 2.04. The normalized spacial score (nSPS) is 10.7. The second kappa shape index (κ2) is 9.13. The number of halogens is 1. The van der Waals surface area contributed by atoms with Crippen molar-refractivity contribution < 1.29 is 4.74 Å². The molecule has 108 valence electrons. The van der Waals surface area contributed by atoms with Crippen LogP contribution < -0.4 is 4.74 Å². The Morgan fingerprint density at radius 2 is 1.74 bits per heavy atom. The van der Waals surface area contributed by atoms with E-state index in [1.807, 2.05) is 6.92 Å². The molecule has 0 bridgehead atoms. The van der Waals surface area contributed by atoms with E-state index in [2.05, 4.69) is 23.8 Å².